The molecule has 0 aromatic heterocycles. The fraction of sp³-hybridized carbons (Fsp3) is 0.381. The van der Waals surface area contributed by atoms with Gasteiger partial charge in [-0.1, -0.05) is 31.2 Å². The first kappa shape index (κ1) is 17.9. The summed E-state index contributed by atoms with van der Waals surface area (Å²) in [5.41, 5.74) is 4.87. The van der Waals surface area contributed by atoms with Crippen LogP contribution in [-0.4, -0.2) is 12.4 Å². The monoisotopic (exact) mass is 356 g/mol. The Morgan fingerprint density at radius 2 is 2.04 bits per heavy atom. The van der Waals surface area contributed by atoms with Gasteiger partial charge in [0.15, 0.2) is 0 Å². The van der Waals surface area contributed by atoms with Crippen LogP contribution in [-0.2, 0) is 17.8 Å². The second-order valence-electron chi connectivity index (χ2n) is 6.40. The Morgan fingerprint density at radius 1 is 1.24 bits per heavy atom. The van der Waals surface area contributed by atoms with Crippen molar-refractivity contribution in [2.45, 2.75) is 50.5 Å². The van der Waals surface area contributed by atoms with Gasteiger partial charge >= 0.3 is 5.30 Å². The highest BCUT2D eigenvalue weighted by molar-refractivity contribution is 8.13. The first-order valence-corrected chi connectivity index (χ1v) is 9.54. The van der Waals surface area contributed by atoms with Gasteiger partial charge in [0.2, 0.25) is 0 Å². The quantitative estimate of drug-likeness (QED) is 0.479. The molecule has 3 nitrogen and oxygen atoms in total. The number of benzene rings is 2. The molecule has 0 atom stereocenters. The van der Waals surface area contributed by atoms with Gasteiger partial charge in [0.25, 0.3) is 0 Å². The van der Waals surface area contributed by atoms with E-state index in [1.54, 1.807) is 0 Å². The smallest absolute Gasteiger partial charge is 0.371 e. The number of ether oxygens (including phenoxy) is 2. The largest absolute Gasteiger partial charge is 0.489 e. The lowest BCUT2D eigenvalue weighted by Gasteiger charge is -2.16. The highest BCUT2D eigenvalue weighted by Gasteiger charge is 2.28. The van der Waals surface area contributed by atoms with Gasteiger partial charge in [0, 0.05) is 10.5 Å². The minimum Gasteiger partial charge on any atom is -0.489 e. The summed E-state index contributed by atoms with van der Waals surface area (Å²) < 4.78 is 10.9. The molecule has 1 aliphatic rings. The number of rotatable bonds is 6. The Morgan fingerprint density at radius 3 is 2.68 bits per heavy atom. The molecule has 1 saturated carbocycles. The third-order valence-electron chi connectivity index (χ3n) is 4.57. The molecule has 2 aromatic rings. The van der Waals surface area contributed by atoms with E-state index in [2.05, 4.69) is 32.0 Å². The van der Waals surface area contributed by atoms with Crippen molar-refractivity contribution < 1.29 is 14.3 Å². The summed E-state index contributed by atoms with van der Waals surface area (Å²) in [7, 11) is 1.41. The van der Waals surface area contributed by atoms with Gasteiger partial charge < -0.3 is 9.47 Å². The summed E-state index contributed by atoms with van der Waals surface area (Å²) in [5, 5.41) is -0.294. The van der Waals surface area contributed by atoms with Crippen molar-refractivity contribution in [3.05, 3.63) is 58.7 Å². The molecule has 0 radical (unpaired) electrons. The Kier molecular flexibility index (Phi) is 5.69. The molecule has 132 valence electrons. The topological polar surface area (TPSA) is 35.5 Å². The van der Waals surface area contributed by atoms with Crippen LogP contribution in [0.4, 0.5) is 4.79 Å². The molecule has 0 unspecified atom stereocenters. The number of hydrogen-bond donors (Lipinski definition) is 0. The second kappa shape index (κ2) is 7.96. The Hall–Kier alpha value is -1.94. The summed E-state index contributed by atoms with van der Waals surface area (Å²) in [6.07, 6.45) is 3.44. The van der Waals surface area contributed by atoms with Crippen molar-refractivity contribution in [2.75, 3.05) is 7.11 Å². The summed E-state index contributed by atoms with van der Waals surface area (Å²) >= 11 is 1.13. The average molecular weight is 356 g/mol. The van der Waals surface area contributed by atoms with Crippen molar-refractivity contribution >= 4 is 17.1 Å². The molecular formula is C21H24O3S. The molecule has 0 aliphatic heterocycles. The van der Waals surface area contributed by atoms with Crippen LogP contribution in [0.1, 0.15) is 47.9 Å². The molecule has 0 N–H and O–H groups in total. The fourth-order valence-corrected chi connectivity index (χ4v) is 3.69. The van der Waals surface area contributed by atoms with Gasteiger partial charge in [-0.15, -0.1) is 0 Å². The molecule has 2 aromatic carbocycles. The van der Waals surface area contributed by atoms with E-state index in [0.717, 1.165) is 40.0 Å². The van der Waals surface area contributed by atoms with Crippen molar-refractivity contribution in [1.82, 2.24) is 0 Å². The zero-order valence-corrected chi connectivity index (χ0v) is 15.8. The first-order chi connectivity index (χ1) is 12.1. The van der Waals surface area contributed by atoms with Crippen LogP contribution in [0.25, 0.3) is 0 Å². The summed E-state index contributed by atoms with van der Waals surface area (Å²) in [6, 6.07) is 12.5. The zero-order chi connectivity index (χ0) is 17.8. The van der Waals surface area contributed by atoms with Gasteiger partial charge in [-0.25, -0.2) is 4.79 Å². The normalized spacial score (nSPS) is 13.6. The summed E-state index contributed by atoms with van der Waals surface area (Å²) in [4.78, 5) is 12.7. The van der Waals surface area contributed by atoms with E-state index in [0.29, 0.717) is 12.5 Å². The van der Waals surface area contributed by atoms with Crippen molar-refractivity contribution in [3.8, 4) is 5.75 Å². The van der Waals surface area contributed by atoms with Crippen LogP contribution in [0, 0.1) is 6.92 Å². The maximum atomic E-state index is 11.7. The van der Waals surface area contributed by atoms with Gasteiger partial charge in [-0.3, -0.25) is 0 Å². The summed E-state index contributed by atoms with van der Waals surface area (Å²) in [5.74, 6) is 1.50. The minimum absolute atomic E-state index is 0.294. The van der Waals surface area contributed by atoms with E-state index in [-0.39, 0.29) is 5.30 Å². The van der Waals surface area contributed by atoms with Crippen LogP contribution in [0.15, 0.2) is 41.3 Å². The predicted molar refractivity (Wildman–Crippen MR) is 102 cm³/mol. The lowest BCUT2D eigenvalue weighted by molar-refractivity contribution is 0.200. The van der Waals surface area contributed by atoms with Gasteiger partial charge in [-0.05, 0) is 72.7 Å². The molecule has 0 amide bonds. The number of methoxy groups -OCH3 is 1. The van der Waals surface area contributed by atoms with Crippen LogP contribution >= 0.6 is 11.8 Å². The van der Waals surface area contributed by atoms with Crippen molar-refractivity contribution in [3.63, 3.8) is 0 Å². The number of thioether (sulfide) groups is 1. The van der Waals surface area contributed by atoms with E-state index >= 15 is 0 Å². The highest BCUT2D eigenvalue weighted by Crippen LogP contribution is 2.44. The third-order valence-corrected chi connectivity index (χ3v) is 5.50. The van der Waals surface area contributed by atoms with Gasteiger partial charge in [-0.2, -0.15) is 0 Å². The molecule has 4 heteroatoms. The second-order valence-corrected chi connectivity index (χ2v) is 7.37. The van der Waals surface area contributed by atoms with Gasteiger partial charge in [0.05, 0.1) is 7.11 Å². The Bertz CT molecular complexity index is 766. The molecule has 1 fully saturated rings. The Balaban J connectivity index is 1.84. The third kappa shape index (κ3) is 4.37. The number of aryl methyl sites for hydroxylation is 2. The standard InChI is InChI=1S/C21H24O3S/c1-4-15-8-11-19(14(2)12-15)24-13-18-17(16-9-10-16)6-5-7-20(18)25-21(22)23-3/h5-8,11-12,16H,4,9-10,13H2,1-3H3. The predicted octanol–water partition coefficient (Wildman–Crippen LogP) is 5.87. The summed E-state index contributed by atoms with van der Waals surface area (Å²) in [6.45, 7) is 4.70. The molecule has 1 aliphatic carbocycles. The van der Waals surface area contributed by atoms with Crippen LogP contribution in [0.5, 0.6) is 5.75 Å². The van der Waals surface area contributed by atoms with Crippen molar-refractivity contribution in [2.24, 2.45) is 0 Å². The fourth-order valence-electron chi connectivity index (χ4n) is 2.98. The van der Waals surface area contributed by atoms with Crippen LogP contribution in [0.3, 0.4) is 0 Å². The number of carbonyl (C=O) groups excluding carboxylic acids is 1. The SMILES string of the molecule is CCc1ccc(OCc2c(SC(=O)OC)cccc2C2CC2)c(C)c1. The van der Waals surface area contributed by atoms with Crippen LogP contribution < -0.4 is 4.74 Å². The molecular weight excluding hydrogens is 332 g/mol. The number of carbonyl (C=O) groups is 1. The van der Waals surface area contributed by atoms with E-state index in [1.807, 2.05) is 18.2 Å². The van der Waals surface area contributed by atoms with E-state index < -0.39 is 0 Å². The molecule has 25 heavy (non-hydrogen) atoms. The zero-order valence-electron chi connectivity index (χ0n) is 15.0. The lowest BCUT2D eigenvalue weighted by Crippen LogP contribution is -2.04. The van der Waals surface area contributed by atoms with Crippen molar-refractivity contribution in [1.29, 1.82) is 0 Å². The van der Waals surface area contributed by atoms with Gasteiger partial charge in [0.1, 0.15) is 12.4 Å². The lowest BCUT2D eigenvalue weighted by atomic mass is 10.0. The minimum atomic E-state index is -0.294. The maximum absolute atomic E-state index is 11.7. The number of hydrogen-bond acceptors (Lipinski definition) is 4. The first-order valence-electron chi connectivity index (χ1n) is 8.72. The van der Waals surface area contributed by atoms with E-state index in [4.69, 9.17) is 9.47 Å². The maximum Gasteiger partial charge on any atom is 0.371 e. The molecule has 3 rings (SSSR count). The van der Waals surface area contributed by atoms with Crippen LogP contribution in [0.2, 0.25) is 0 Å². The highest BCUT2D eigenvalue weighted by atomic mass is 32.2. The average Bonchev–Trinajstić information content (AvgIpc) is 3.46. The molecule has 0 heterocycles. The molecule has 0 bridgehead atoms. The van der Waals surface area contributed by atoms with E-state index in [1.165, 1.54) is 31.1 Å². The molecule has 0 saturated heterocycles. The molecule has 0 spiro atoms. The Labute approximate surface area is 153 Å². The van der Waals surface area contributed by atoms with E-state index in [9.17, 15) is 4.79 Å².